The van der Waals surface area contributed by atoms with Gasteiger partial charge in [-0.15, -0.1) is 0 Å². The fraction of sp³-hybridized carbons (Fsp3) is 0.621. The minimum absolute atomic E-state index is 0.0286. The summed E-state index contributed by atoms with van der Waals surface area (Å²) in [5, 5.41) is 4.03. The van der Waals surface area contributed by atoms with Crippen molar-refractivity contribution in [2.75, 3.05) is 38.7 Å². The summed E-state index contributed by atoms with van der Waals surface area (Å²) in [4.78, 5) is 45.3. The molecule has 3 fully saturated rings. The fourth-order valence-electron chi connectivity index (χ4n) is 6.92. The Balaban J connectivity index is 1.26. The van der Waals surface area contributed by atoms with Gasteiger partial charge in [0.1, 0.15) is 5.56 Å². The zero-order chi connectivity index (χ0) is 28.8. The highest BCUT2D eigenvalue weighted by atomic mass is 32.2. The number of amides is 3. The second kappa shape index (κ2) is 11.2. The molecule has 1 aromatic carbocycles. The van der Waals surface area contributed by atoms with Crippen LogP contribution in [0.15, 0.2) is 35.1 Å². The van der Waals surface area contributed by atoms with Crippen molar-refractivity contribution < 1.29 is 18.0 Å². The molecule has 40 heavy (non-hydrogen) atoms. The molecule has 2 aromatic rings. The summed E-state index contributed by atoms with van der Waals surface area (Å²) in [7, 11) is 0.286. The van der Waals surface area contributed by atoms with E-state index >= 15 is 0 Å². The summed E-state index contributed by atoms with van der Waals surface area (Å²) in [5.41, 5.74) is 0.722. The predicted molar refractivity (Wildman–Crippen MR) is 155 cm³/mol. The number of urea groups is 1. The molecule has 5 rings (SSSR count). The zero-order valence-corrected chi connectivity index (χ0v) is 24.7. The van der Waals surface area contributed by atoms with E-state index in [1.165, 1.54) is 4.90 Å². The first kappa shape index (κ1) is 28.6. The lowest BCUT2D eigenvalue weighted by Crippen LogP contribution is -2.54. The molecule has 0 radical (unpaired) electrons. The Hall–Kier alpha value is -2.92. The minimum atomic E-state index is -3.11. The number of aromatic nitrogens is 1. The van der Waals surface area contributed by atoms with E-state index < -0.39 is 9.84 Å². The van der Waals surface area contributed by atoms with Crippen molar-refractivity contribution in [2.24, 2.45) is 0 Å². The van der Waals surface area contributed by atoms with Crippen molar-refractivity contribution >= 4 is 32.7 Å². The molecule has 0 saturated carbocycles. The summed E-state index contributed by atoms with van der Waals surface area (Å²) < 4.78 is 25.9. The van der Waals surface area contributed by atoms with Gasteiger partial charge in [-0.1, -0.05) is 18.2 Å². The maximum absolute atomic E-state index is 13.4. The first-order valence-electron chi connectivity index (χ1n) is 14.3. The number of nitrogens with one attached hydrogen (secondary N) is 1. The number of carbonyl (C=O) groups excluding carboxylic acids is 2. The number of piperidine rings is 1. The lowest BCUT2D eigenvalue weighted by Gasteiger charge is -2.41. The molecule has 2 unspecified atom stereocenters. The zero-order valence-electron chi connectivity index (χ0n) is 23.9. The Morgan fingerprint density at radius 2 is 1.75 bits per heavy atom. The number of rotatable bonds is 7. The fourth-order valence-corrected chi connectivity index (χ4v) is 8.65. The van der Waals surface area contributed by atoms with Crippen LogP contribution in [0.3, 0.4) is 0 Å². The Kier molecular flexibility index (Phi) is 7.98. The molecule has 3 aliphatic rings. The van der Waals surface area contributed by atoms with E-state index in [1.54, 1.807) is 29.6 Å². The summed E-state index contributed by atoms with van der Waals surface area (Å²) in [5.74, 6) is -0.168. The number of hydrogen-bond donors (Lipinski definition) is 1. The molecule has 10 nitrogen and oxygen atoms in total. The summed E-state index contributed by atoms with van der Waals surface area (Å²) in [6, 6.07) is 9.35. The number of nitrogens with zero attached hydrogens (tertiary/aromatic N) is 4. The van der Waals surface area contributed by atoms with E-state index in [0.29, 0.717) is 19.5 Å². The summed E-state index contributed by atoms with van der Waals surface area (Å²) >= 11 is 0. The third-order valence-corrected chi connectivity index (χ3v) is 10.6. The minimum Gasteiger partial charge on any atom is -0.349 e. The van der Waals surface area contributed by atoms with Crippen molar-refractivity contribution in [1.82, 2.24) is 24.6 Å². The predicted octanol–water partition coefficient (Wildman–Crippen LogP) is 2.48. The number of pyridine rings is 1. The maximum atomic E-state index is 13.4. The van der Waals surface area contributed by atoms with E-state index in [-0.39, 0.29) is 64.8 Å². The Labute approximate surface area is 236 Å². The number of para-hydroxylation sites is 1. The van der Waals surface area contributed by atoms with Gasteiger partial charge in [0.25, 0.3) is 11.5 Å². The van der Waals surface area contributed by atoms with Gasteiger partial charge in [-0.25, -0.2) is 13.2 Å². The second-order valence-corrected chi connectivity index (χ2v) is 14.3. The summed E-state index contributed by atoms with van der Waals surface area (Å²) in [6.07, 6.45) is 4.09. The maximum Gasteiger partial charge on any atom is 0.319 e. The molecule has 1 N–H and O–H groups in total. The number of benzene rings is 1. The van der Waals surface area contributed by atoms with E-state index in [2.05, 4.69) is 10.2 Å². The monoisotopic (exact) mass is 571 g/mol. The van der Waals surface area contributed by atoms with E-state index in [4.69, 9.17) is 0 Å². The van der Waals surface area contributed by atoms with Crippen LogP contribution < -0.4 is 10.9 Å². The average molecular weight is 572 g/mol. The van der Waals surface area contributed by atoms with Crippen LogP contribution in [-0.4, -0.2) is 102 Å². The molecule has 0 aliphatic carbocycles. The van der Waals surface area contributed by atoms with Crippen molar-refractivity contribution in [3.63, 3.8) is 0 Å². The van der Waals surface area contributed by atoms with Gasteiger partial charge in [-0.2, -0.15) is 0 Å². The molecule has 2 bridgehead atoms. The molecule has 3 saturated heterocycles. The average Bonchev–Trinajstić information content (AvgIpc) is 3.37. The van der Waals surface area contributed by atoms with Gasteiger partial charge in [0.05, 0.1) is 17.0 Å². The molecule has 0 spiro atoms. The molecule has 4 heterocycles. The van der Waals surface area contributed by atoms with Crippen LogP contribution in [0, 0.1) is 0 Å². The van der Waals surface area contributed by atoms with Gasteiger partial charge in [0, 0.05) is 57.4 Å². The second-order valence-electron chi connectivity index (χ2n) is 12.1. The number of sulfone groups is 1. The molecule has 3 amide bonds. The van der Waals surface area contributed by atoms with Crippen LogP contribution in [0.2, 0.25) is 0 Å². The quantitative estimate of drug-likeness (QED) is 0.547. The third-order valence-electron chi connectivity index (χ3n) is 8.80. The first-order chi connectivity index (χ1) is 18.9. The van der Waals surface area contributed by atoms with E-state index in [9.17, 15) is 22.8 Å². The highest BCUT2D eigenvalue weighted by Crippen LogP contribution is 2.36. The molecular formula is C29H41N5O5S. The van der Waals surface area contributed by atoms with Crippen LogP contribution in [0.1, 0.15) is 62.4 Å². The number of carbonyl (C=O) groups is 2. The van der Waals surface area contributed by atoms with Crippen LogP contribution >= 0.6 is 0 Å². The molecule has 3 aliphatic heterocycles. The van der Waals surface area contributed by atoms with Crippen molar-refractivity contribution in [1.29, 1.82) is 0 Å². The normalized spacial score (nSPS) is 25.8. The van der Waals surface area contributed by atoms with Crippen molar-refractivity contribution in [3.05, 3.63) is 46.2 Å². The number of hydrogen-bond acceptors (Lipinski definition) is 6. The van der Waals surface area contributed by atoms with Crippen molar-refractivity contribution in [3.8, 4) is 0 Å². The highest BCUT2D eigenvalue weighted by molar-refractivity contribution is 7.91. The van der Waals surface area contributed by atoms with E-state index in [1.807, 2.05) is 38.1 Å². The SMILES string of the molecule is CC(C)n1c(=O)c(C(=O)NC2C[C@H]3CC[C@@H](C2)N3CCN(C(=O)N(C)C)C2CCS(=O)(=O)C2)cc2ccccc21. The standard InChI is InChI=1S/C29H41N5O5S/c1-19(2)34-26-8-6-5-7-20(26)15-25(28(34)36)27(35)30-21-16-22-9-10-23(17-21)32(22)12-13-33(29(37)31(3)4)24-11-14-40(38,39)18-24/h5-8,15,19,21-24H,9-14,16-18H2,1-4H3,(H,30,35)/t21?,22-,23+,24?. The topological polar surface area (TPSA) is 112 Å². The smallest absolute Gasteiger partial charge is 0.319 e. The molecule has 4 atom stereocenters. The molecule has 11 heteroatoms. The van der Waals surface area contributed by atoms with Gasteiger partial charge < -0.3 is 19.7 Å². The lowest BCUT2D eigenvalue weighted by molar-refractivity contribution is 0.0789. The number of fused-ring (bicyclic) bond motifs is 3. The van der Waals surface area contributed by atoms with Crippen molar-refractivity contribution in [2.45, 2.75) is 76.2 Å². The Morgan fingerprint density at radius 1 is 1.07 bits per heavy atom. The molecular weight excluding hydrogens is 530 g/mol. The van der Waals surface area contributed by atoms with Gasteiger partial charge >= 0.3 is 6.03 Å². The van der Waals surface area contributed by atoms with Gasteiger partial charge in [-0.05, 0) is 63.5 Å². The van der Waals surface area contributed by atoms with Crippen LogP contribution in [0.5, 0.6) is 0 Å². The van der Waals surface area contributed by atoms with Gasteiger partial charge in [0.2, 0.25) is 0 Å². The molecule has 218 valence electrons. The van der Waals surface area contributed by atoms with Gasteiger partial charge in [-0.3, -0.25) is 14.5 Å². The Morgan fingerprint density at radius 3 is 2.35 bits per heavy atom. The highest BCUT2D eigenvalue weighted by Gasteiger charge is 2.42. The summed E-state index contributed by atoms with van der Waals surface area (Å²) in [6.45, 7) is 5.05. The Bertz CT molecular complexity index is 1440. The van der Waals surface area contributed by atoms with E-state index in [0.717, 1.165) is 36.6 Å². The van der Waals surface area contributed by atoms with Crippen LogP contribution in [-0.2, 0) is 9.84 Å². The van der Waals surface area contributed by atoms with Crippen LogP contribution in [0.25, 0.3) is 10.9 Å². The van der Waals surface area contributed by atoms with Crippen LogP contribution in [0.4, 0.5) is 4.79 Å². The molecule has 1 aromatic heterocycles. The van der Waals surface area contributed by atoms with Gasteiger partial charge in [0.15, 0.2) is 9.84 Å². The lowest BCUT2D eigenvalue weighted by atomic mass is 9.96. The first-order valence-corrected chi connectivity index (χ1v) is 16.2. The third kappa shape index (κ3) is 5.63. The largest absolute Gasteiger partial charge is 0.349 e.